The molecule has 188 valence electrons. The molecule has 0 atom stereocenters. The van der Waals surface area contributed by atoms with Crippen molar-refractivity contribution in [2.75, 3.05) is 12.4 Å². The monoisotopic (exact) mass is 498 g/mol. The Kier molecular flexibility index (Phi) is 6.88. The van der Waals surface area contributed by atoms with Crippen LogP contribution in [0.2, 0.25) is 0 Å². The molecule has 9 nitrogen and oxygen atoms in total. The van der Waals surface area contributed by atoms with E-state index in [1.807, 2.05) is 44.2 Å². The number of nitrogens with zero attached hydrogens (tertiary/aromatic N) is 3. The quantitative estimate of drug-likeness (QED) is 0.407. The van der Waals surface area contributed by atoms with Crippen molar-refractivity contribution < 1.29 is 14.3 Å². The molecule has 1 amide bonds. The highest BCUT2D eigenvalue weighted by atomic mass is 16.5. The van der Waals surface area contributed by atoms with E-state index < -0.39 is 17.2 Å². The third-order valence-electron chi connectivity index (χ3n) is 6.42. The Morgan fingerprint density at radius 3 is 2.32 bits per heavy atom. The summed E-state index contributed by atoms with van der Waals surface area (Å²) in [4.78, 5) is 52.9. The minimum atomic E-state index is -0.664. The van der Waals surface area contributed by atoms with Gasteiger partial charge in [0.05, 0.1) is 7.11 Å². The van der Waals surface area contributed by atoms with Crippen molar-refractivity contribution in [3.63, 3.8) is 0 Å². The lowest BCUT2D eigenvalue weighted by atomic mass is 9.90. The molecule has 0 aliphatic carbocycles. The van der Waals surface area contributed by atoms with E-state index in [0.717, 1.165) is 37.9 Å². The molecule has 0 bridgehead atoms. The van der Waals surface area contributed by atoms with Gasteiger partial charge in [0.1, 0.15) is 17.0 Å². The van der Waals surface area contributed by atoms with Crippen LogP contribution in [0.4, 0.5) is 5.69 Å². The molecule has 4 rings (SSSR count). The van der Waals surface area contributed by atoms with Crippen molar-refractivity contribution in [1.82, 2.24) is 14.1 Å². The number of hydrogen-bond donors (Lipinski definition) is 1. The first kappa shape index (κ1) is 25.3. The molecule has 0 aliphatic rings. The smallest absolute Gasteiger partial charge is 0.330 e. The first-order valence-corrected chi connectivity index (χ1v) is 11.4. The maximum atomic E-state index is 13.0. The van der Waals surface area contributed by atoms with Gasteiger partial charge in [0.15, 0.2) is 6.29 Å². The summed E-state index contributed by atoms with van der Waals surface area (Å²) in [6.07, 6.45) is 3.53. The highest BCUT2D eigenvalue weighted by Crippen LogP contribution is 2.36. The van der Waals surface area contributed by atoms with Gasteiger partial charge in [-0.1, -0.05) is 30.3 Å². The lowest BCUT2D eigenvalue weighted by molar-refractivity contribution is 0.102. The van der Waals surface area contributed by atoms with Gasteiger partial charge in [-0.05, 0) is 53.8 Å². The Labute approximate surface area is 213 Å². The molecule has 0 aliphatic heterocycles. The van der Waals surface area contributed by atoms with Crippen molar-refractivity contribution >= 4 is 17.9 Å². The first-order chi connectivity index (χ1) is 17.7. The van der Waals surface area contributed by atoms with Crippen LogP contribution < -0.4 is 21.3 Å². The highest BCUT2D eigenvalue weighted by Gasteiger charge is 2.18. The largest absolute Gasteiger partial charge is 0.494 e. The summed E-state index contributed by atoms with van der Waals surface area (Å²) in [5.41, 5.74) is 4.82. The number of pyridine rings is 1. The fourth-order valence-corrected chi connectivity index (χ4v) is 4.31. The number of aryl methyl sites for hydroxylation is 1. The van der Waals surface area contributed by atoms with Gasteiger partial charge in [-0.3, -0.25) is 19.0 Å². The zero-order valence-corrected chi connectivity index (χ0v) is 21.2. The third kappa shape index (κ3) is 4.58. The summed E-state index contributed by atoms with van der Waals surface area (Å²) in [6, 6.07) is 13.2. The van der Waals surface area contributed by atoms with Gasteiger partial charge < -0.3 is 14.6 Å². The van der Waals surface area contributed by atoms with Gasteiger partial charge in [-0.25, -0.2) is 9.78 Å². The van der Waals surface area contributed by atoms with Gasteiger partial charge in [0, 0.05) is 37.7 Å². The summed E-state index contributed by atoms with van der Waals surface area (Å²) in [6.45, 7) is 3.88. The van der Waals surface area contributed by atoms with Crippen molar-refractivity contribution in [3.8, 4) is 28.0 Å². The number of benzene rings is 2. The second-order valence-electron chi connectivity index (χ2n) is 8.64. The van der Waals surface area contributed by atoms with Crippen LogP contribution in [0, 0.1) is 13.8 Å². The van der Waals surface area contributed by atoms with Crippen molar-refractivity contribution in [1.29, 1.82) is 0 Å². The van der Waals surface area contributed by atoms with Crippen molar-refractivity contribution in [3.05, 3.63) is 98.1 Å². The van der Waals surface area contributed by atoms with Crippen molar-refractivity contribution in [2.45, 2.75) is 13.8 Å². The Hall–Kier alpha value is -4.79. The number of methoxy groups -OCH3 is 1. The van der Waals surface area contributed by atoms with Gasteiger partial charge in [-0.2, -0.15) is 0 Å². The Morgan fingerprint density at radius 1 is 1.00 bits per heavy atom. The molecule has 0 unspecified atom stereocenters. The molecule has 0 radical (unpaired) electrons. The van der Waals surface area contributed by atoms with E-state index in [0.29, 0.717) is 17.7 Å². The van der Waals surface area contributed by atoms with Crippen LogP contribution in [-0.2, 0) is 14.1 Å². The maximum absolute atomic E-state index is 13.0. The topological polar surface area (TPSA) is 112 Å². The molecule has 1 N–H and O–H groups in total. The number of carbonyl (C=O) groups is 2. The standard InChI is InChI=1S/C28H26N4O5/c1-16-19(18-12-25(37-5)24(15-33)29-13-18)8-6-9-20(16)21-10-7-11-23(17(21)2)30-26(34)22-14-31(3)28(36)32(4)27(22)35/h6-15H,1-5H3,(H,30,34). The van der Waals surface area contributed by atoms with Crippen molar-refractivity contribution in [2.24, 2.45) is 14.1 Å². The zero-order chi connectivity index (χ0) is 26.9. The summed E-state index contributed by atoms with van der Waals surface area (Å²) >= 11 is 0. The lowest BCUT2D eigenvalue weighted by Gasteiger charge is -2.17. The number of anilines is 1. The average molecular weight is 499 g/mol. The minimum absolute atomic E-state index is 0.132. The molecule has 0 saturated carbocycles. The van der Waals surface area contributed by atoms with E-state index in [1.165, 1.54) is 32.0 Å². The number of aromatic nitrogens is 3. The van der Waals surface area contributed by atoms with Crippen LogP contribution in [0.25, 0.3) is 22.3 Å². The normalized spacial score (nSPS) is 10.7. The summed E-state index contributed by atoms with van der Waals surface area (Å²) in [7, 11) is 4.31. The second kappa shape index (κ2) is 10.1. The SMILES string of the molecule is COc1cc(-c2cccc(-c3cccc(NC(=O)c4cn(C)c(=O)n(C)c4=O)c3C)c2C)cnc1C=O. The summed E-state index contributed by atoms with van der Waals surface area (Å²) < 4.78 is 7.41. The van der Waals surface area contributed by atoms with Crippen LogP contribution in [0.3, 0.4) is 0 Å². The zero-order valence-electron chi connectivity index (χ0n) is 21.2. The molecule has 0 fully saturated rings. The highest BCUT2D eigenvalue weighted by molar-refractivity contribution is 6.04. The van der Waals surface area contributed by atoms with E-state index in [9.17, 15) is 19.2 Å². The Bertz CT molecular complexity index is 1670. The average Bonchev–Trinajstić information content (AvgIpc) is 2.90. The van der Waals surface area contributed by atoms with Gasteiger partial charge in [0.25, 0.3) is 11.5 Å². The number of carbonyl (C=O) groups excluding carboxylic acids is 2. The van der Waals surface area contributed by atoms with E-state index >= 15 is 0 Å². The van der Waals surface area contributed by atoms with E-state index in [-0.39, 0.29) is 11.3 Å². The lowest BCUT2D eigenvalue weighted by Crippen LogP contribution is -2.40. The molecular formula is C28H26N4O5. The minimum Gasteiger partial charge on any atom is -0.494 e. The van der Waals surface area contributed by atoms with E-state index in [1.54, 1.807) is 18.3 Å². The number of rotatable bonds is 6. The van der Waals surface area contributed by atoms with E-state index in [4.69, 9.17) is 4.74 Å². The predicted octanol–water partition coefficient (Wildman–Crippen LogP) is 3.50. The molecule has 2 aromatic heterocycles. The number of nitrogens with one attached hydrogen (secondary N) is 1. The summed E-state index contributed by atoms with van der Waals surface area (Å²) in [5, 5.41) is 2.82. The van der Waals surface area contributed by atoms with Gasteiger partial charge in [-0.15, -0.1) is 0 Å². The molecule has 2 heterocycles. The Balaban J connectivity index is 1.74. The van der Waals surface area contributed by atoms with Crippen LogP contribution >= 0.6 is 0 Å². The maximum Gasteiger partial charge on any atom is 0.330 e. The van der Waals surface area contributed by atoms with Gasteiger partial charge in [0.2, 0.25) is 0 Å². The molecule has 37 heavy (non-hydrogen) atoms. The fraction of sp³-hybridized carbons (Fsp3) is 0.179. The van der Waals surface area contributed by atoms with Crippen LogP contribution in [0.1, 0.15) is 32.0 Å². The molecular weight excluding hydrogens is 472 g/mol. The van der Waals surface area contributed by atoms with Crippen LogP contribution in [-0.4, -0.2) is 33.4 Å². The summed E-state index contributed by atoms with van der Waals surface area (Å²) in [5.74, 6) is -0.210. The molecule has 0 spiro atoms. The van der Waals surface area contributed by atoms with Crippen LogP contribution in [0.15, 0.2) is 64.4 Å². The number of ether oxygens (including phenoxy) is 1. The molecule has 2 aromatic carbocycles. The molecule has 0 saturated heterocycles. The second-order valence-corrected chi connectivity index (χ2v) is 8.64. The number of amides is 1. The van der Waals surface area contributed by atoms with E-state index in [2.05, 4.69) is 10.3 Å². The number of aldehydes is 1. The fourth-order valence-electron chi connectivity index (χ4n) is 4.31. The first-order valence-electron chi connectivity index (χ1n) is 11.4. The molecule has 4 aromatic rings. The number of hydrogen-bond acceptors (Lipinski definition) is 6. The predicted molar refractivity (Wildman–Crippen MR) is 141 cm³/mol. The molecule has 9 heteroatoms. The van der Waals surface area contributed by atoms with Gasteiger partial charge >= 0.3 is 5.69 Å². The Morgan fingerprint density at radius 2 is 1.65 bits per heavy atom. The van der Waals surface area contributed by atoms with Crippen LogP contribution in [0.5, 0.6) is 5.75 Å². The third-order valence-corrected chi connectivity index (χ3v) is 6.42.